The van der Waals surface area contributed by atoms with Gasteiger partial charge in [0.15, 0.2) is 0 Å². The third-order valence-corrected chi connectivity index (χ3v) is 16.6. The van der Waals surface area contributed by atoms with Gasteiger partial charge >= 0.3 is 163 Å². The van der Waals surface area contributed by atoms with Gasteiger partial charge in [-0.15, -0.1) is 0 Å². The van der Waals surface area contributed by atoms with E-state index in [1.54, 1.807) is 0 Å². The summed E-state index contributed by atoms with van der Waals surface area (Å²) >= 11 is 6.67. The standard InChI is InChI=1S/C20H24ClGeI/c1-4-22(5-2,6-3)15-20(16-10-12-19(23)13-11-16)17-8-7-9-18(21)14-17/h7-15H,4-6H2,1-3H3/b20-15+. The van der Waals surface area contributed by atoms with Crippen molar-refractivity contribution in [3.8, 4) is 0 Å². The van der Waals surface area contributed by atoms with Crippen molar-refractivity contribution in [3.05, 3.63) is 73.2 Å². The van der Waals surface area contributed by atoms with Gasteiger partial charge in [-0.3, -0.25) is 0 Å². The molecule has 0 fully saturated rings. The maximum absolute atomic E-state index is 6.26. The molecule has 23 heavy (non-hydrogen) atoms. The van der Waals surface area contributed by atoms with Gasteiger partial charge < -0.3 is 0 Å². The molecule has 0 heterocycles. The molecule has 0 bridgehead atoms. The number of rotatable bonds is 6. The molecular formula is C20H24ClGeI. The molecular weight excluding hydrogens is 475 g/mol. The fourth-order valence-corrected chi connectivity index (χ4v) is 9.95. The number of benzene rings is 2. The number of hydrogen-bond donors (Lipinski definition) is 0. The van der Waals surface area contributed by atoms with Crippen LogP contribution in [0, 0.1) is 3.57 Å². The van der Waals surface area contributed by atoms with Crippen molar-refractivity contribution in [2.45, 2.75) is 36.5 Å². The Morgan fingerprint density at radius 1 is 0.957 bits per heavy atom. The van der Waals surface area contributed by atoms with Crippen molar-refractivity contribution < 1.29 is 0 Å². The minimum absolute atomic E-state index is 0.807. The monoisotopic (exact) mass is 500 g/mol. The minimum atomic E-state index is -1.95. The van der Waals surface area contributed by atoms with Gasteiger partial charge in [-0.25, -0.2) is 0 Å². The van der Waals surface area contributed by atoms with Crippen LogP contribution >= 0.6 is 34.2 Å². The molecule has 122 valence electrons. The van der Waals surface area contributed by atoms with Crippen molar-refractivity contribution in [1.29, 1.82) is 0 Å². The van der Waals surface area contributed by atoms with Gasteiger partial charge in [0.2, 0.25) is 0 Å². The van der Waals surface area contributed by atoms with Crippen LogP contribution < -0.4 is 0 Å². The SMILES string of the molecule is C[CH2][Ge](/[CH]=C(\c1ccc(I)cc1)c1cccc(Cl)c1)([CH2]C)[CH2]C. The summed E-state index contributed by atoms with van der Waals surface area (Å²) in [6.45, 7) is 7.10. The number of halogens is 2. The normalized spacial score (nSPS) is 12.5. The molecule has 2 aromatic carbocycles. The summed E-state index contributed by atoms with van der Waals surface area (Å²) in [5.41, 5.74) is 3.91. The van der Waals surface area contributed by atoms with Crippen molar-refractivity contribution in [2.75, 3.05) is 0 Å². The van der Waals surface area contributed by atoms with Gasteiger partial charge in [0.1, 0.15) is 0 Å². The van der Waals surface area contributed by atoms with Crippen LogP contribution in [0.1, 0.15) is 31.9 Å². The Morgan fingerprint density at radius 2 is 1.57 bits per heavy atom. The van der Waals surface area contributed by atoms with Crippen LogP contribution in [0.15, 0.2) is 53.4 Å². The summed E-state index contributed by atoms with van der Waals surface area (Å²) in [5, 5.41) is 4.81. The summed E-state index contributed by atoms with van der Waals surface area (Å²) in [6.07, 6.45) is 0. The summed E-state index contributed by atoms with van der Waals surface area (Å²) in [4.78, 5) is 2.66. The predicted octanol–water partition coefficient (Wildman–Crippen LogP) is 7.42. The molecule has 0 atom stereocenters. The molecule has 0 amide bonds. The van der Waals surface area contributed by atoms with E-state index in [1.165, 1.54) is 36.0 Å². The third kappa shape index (κ3) is 4.86. The van der Waals surface area contributed by atoms with Gasteiger partial charge in [-0.2, -0.15) is 0 Å². The molecule has 0 N–H and O–H groups in total. The summed E-state index contributed by atoms with van der Waals surface area (Å²) < 4.78 is 1.27. The second-order valence-corrected chi connectivity index (χ2v) is 18.5. The Hall–Kier alpha value is -0.257. The molecule has 0 nitrogen and oxygen atoms in total. The van der Waals surface area contributed by atoms with E-state index in [0.717, 1.165) is 5.02 Å². The zero-order chi connectivity index (χ0) is 16.9. The first-order valence-electron chi connectivity index (χ1n) is 8.28. The van der Waals surface area contributed by atoms with Crippen LogP contribution in [-0.4, -0.2) is 13.3 Å². The summed E-state index contributed by atoms with van der Waals surface area (Å²) in [7, 11) is 0. The molecule has 0 spiro atoms. The Kier molecular flexibility index (Phi) is 7.24. The molecule has 0 aromatic heterocycles. The molecule has 0 saturated carbocycles. The topological polar surface area (TPSA) is 0 Å². The second kappa shape index (κ2) is 8.73. The van der Waals surface area contributed by atoms with Crippen molar-refractivity contribution in [1.82, 2.24) is 0 Å². The fourth-order valence-electron chi connectivity index (χ4n) is 2.98. The van der Waals surface area contributed by atoms with E-state index in [0.29, 0.717) is 0 Å². The fraction of sp³-hybridized carbons (Fsp3) is 0.300. The first-order valence-corrected chi connectivity index (χ1v) is 15.4. The van der Waals surface area contributed by atoms with Crippen LogP contribution in [0.5, 0.6) is 0 Å². The van der Waals surface area contributed by atoms with Crippen LogP contribution in [0.4, 0.5) is 0 Å². The van der Waals surface area contributed by atoms with E-state index in [2.05, 4.69) is 90.7 Å². The van der Waals surface area contributed by atoms with E-state index >= 15 is 0 Å². The maximum atomic E-state index is 6.26. The molecule has 0 aliphatic carbocycles. The summed E-state index contributed by atoms with van der Waals surface area (Å²) in [5.74, 6) is 0. The number of hydrogen-bond acceptors (Lipinski definition) is 0. The van der Waals surface area contributed by atoms with Crippen molar-refractivity contribution in [3.63, 3.8) is 0 Å². The van der Waals surface area contributed by atoms with Gasteiger partial charge in [0.05, 0.1) is 0 Å². The van der Waals surface area contributed by atoms with Crippen LogP contribution in [0.3, 0.4) is 0 Å². The third-order valence-electron chi connectivity index (χ3n) is 4.85. The Balaban J connectivity index is 2.62. The van der Waals surface area contributed by atoms with E-state index in [4.69, 9.17) is 11.6 Å². The molecule has 0 radical (unpaired) electrons. The predicted molar refractivity (Wildman–Crippen MR) is 115 cm³/mol. The first kappa shape index (κ1) is 19.1. The van der Waals surface area contributed by atoms with Crippen LogP contribution in [0.2, 0.25) is 20.8 Å². The van der Waals surface area contributed by atoms with E-state index in [1.807, 2.05) is 6.07 Å². The van der Waals surface area contributed by atoms with Crippen LogP contribution in [-0.2, 0) is 0 Å². The van der Waals surface area contributed by atoms with Gasteiger partial charge in [0, 0.05) is 0 Å². The van der Waals surface area contributed by atoms with Gasteiger partial charge in [0.25, 0.3) is 0 Å². The molecule has 2 aromatic rings. The van der Waals surface area contributed by atoms with Crippen LogP contribution in [0.25, 0.3) is 5.57 Å². The average molecular weight is 499 g/mol. The average Bonchev–Trinajstić information content (AvgIpc) is 2.58. The Bertz CT molecular complexity index is 664. The second-order valence-electron chi connectivity index (χ2n) is 6.00. The summed E-state index contributed by atoms with van der Waals surface area (Å²) in [6, 6.07) is 17.1. The van der Waals surface area contributed by atoms with E-state index in [-0.39, 0.29) is 0 Å². The van der Waals surface area contributed by atoms with E-state index in [9.17, 15) is 0 Å². The Labute approximate surface area is 161 Å². The van der Waals surface area contributed by atoms with Crippen molar-refractivity contribution in [2.24, 2.45) is 0 Å². The molecule has 3 heteroatoms. The first-order chi connectivity index (χ1) is 11.0. The molecule has 2 rings (SSSR count). The van der Waals surface area contributed by atoms with Gasteiger partial charge in [-0.05, 0) is 0 Å². The zero-order valence-electron chi connectivity index (χ0n) is 14.1. The van der Waals surface area contributed by atoms with Crippen molar-refractivity contribution >= 4 is 53.0 Å². The molecule has 0 aliphatic heterocycles. The molecule has 0 unspecified atom stereocenters. The Morgan fingerprint density at radius 3 is 2.09 bits per heavy atom. The molecule has 0 saturated heterocycles. The molecule has 0 aliphatic rings. The van der Waals surface area contributed by atoms with E-state index < -0.39 is 13.3 Å². The van der Waals surface area contributed by atoms with Gasteiger partial charge in [-0.1, -0.05) is 0 Å². The zero-order valence-corrected chi connectivity index (χ0v) is 19.1. The quantitative estimate of drug-likeness (QED) is 0.287.